The van der Waals surface area contributed by atoms with Gasteiger partial charge in [0.25, 0.3) is 0 Å². The van der Waals surface area contributed by atoms with Gasteiger partial charge < -0.3 is 9.47 Å². The Balaban J connectivity index is 3.43. The van der Waals surface area contributed by atoms with Crippen LogP contribution in [-0.4, -0.2) is 25.2 Å². The highest BCUT2D eigenvalue weighted by molar-refractivity contribution is 5.72. The summed E-state index contributed by atoms with van der Waals surface area (Å²) in [7, 11) is 0. The summed E-state index contributed by atoms with van der Waals surface area (Å²) >= 11 is 0. The zero-order chi connectivity index (χ0) is 28.1. The van der Waals surface area contributed by atoms with Crippen molar-refractivity contribution in [3.8, 4) is 0 Å². The summed E-state index contributed by atoms with van der Waals surface area (Å²) in [5.74, 6) is 0.403. The minimum atomic E-state index is -0.00710. The lowest BCUT2D eigenvalue weighted by Gasteiger charge is -2.18. The molecule has 2 unspecified atom stereocenters. The Bertz CT molecular complexity index is 519. The molecular weight excluding hydrogens is 472 g/mol. The molecule has 0 aromatic rings. The Morgan fingerprint density at radius 2 is 0.895 bits per heavy atom. The summed E-state index contributed by atoms with van der Waals surface area (Å²) in [4.78, 5) is 24.1. The largest absolute Gasteiger partial charge is 0.466 e. The lowest BCUT2D eigenvalue weighted by molar-refractivity contribution is -0.150. The van der Waals surface area contributed by atoms with E-state index in [-0.39, 0.29) is 17.9 Å². The highest BCUT2D eigenvalue weighted by Crippen LogP contribution is 2.21. The van der Waals surface area contributed by atoms with Crippen molar-refractivity contribution in [2.45, 2.75) is 182 Å². The SMILES string of the molecule is CCCCCCCCOC(=O)CCCCCCCCCCCCC(C)C(C)C(=O)OCCCCCCCC. The number of rotatable bonds is 29. The standard InChI is InChI=1S/C34H66O4/c1-5-7-9-11-21-25-29-37-33(35)28-24-20-18-16-14-13-15-17-19-23-27-31(3)32(4)34(36)38-30-26-22-12-10-8-6-2/h31-32H,5-30H2,1-4H3. The third-order valence-electron chi connectivity index (χ3n) is 8.02. The van der Waals surface area contributed by atoms with E-state index >= 15 is 0 Å². The van der Waals surface area contributed by atoms with Crippen LogP contribution in [0.15, 0.2) is 0 Å². The van der Waals surface area contributed by atoms with Crippen LogP contribution in [0, 0.1) is 11.8 Å². The summed E-state index contributed by atoms with van der Waals surface area (Å²) in [5, 5.41) is 0. The summed E-state index contributed by atoms with van der Waals surface area (Å²) in [6.45, 7) is 9.89. The van der Waals surface area contributed by atoms with Gasteiger partial charge in [-0.2, -0.15) is 0 Å². The van der Waals surface area contributed by atoms with E-state index in [9.17, 15) is 9.59 Å². The molecule has 0 bridgehead atoms. The minimum Gasteiger partial charge on any atom is -0.466 e. The van der Waals surface area contributed by atoms with E-state index in [1.807, 2.05) is 6.92 Å². The Labute approximate surface area is 237 Å². The van der Waals surface area contributed by atoms with E-state index in [4.69, 9.17) is 9.47 Å². The monoisotopic (exact) mass is 538 g/mol. The summed E-state index contributed by atoms with van der Waals surface area (Å²) in [6.07, 6.45) is 28.7. The molecule has 0 aliphatic carbocycles. The molecule has 226 valence electrons. The van der Waals surface area contributed by atoms with Gasteiger partial charge in [-0.05, 0) is 31.6 Å². The average molecular weight is 539 g/mol. The van der Waals surface area contributed by atoms with E-state index in [1.54, 1.807) is 0 Å². The first kappa shape index (κ1) is 36.9. The van der Waals surface area contributed by atoms with E-state index in [0.29, 0.717) is 25.6 Å². The van der Waals surface area contributed by atoms with E-state index in [1.165, 1.54) is 116 Å². The van der Waals surface area contributed by atoms with Crippen molar-refractivity contribution in [3.05, 3.63) is 0 Å². The number of unbranched alkanes of at least 4 members (excludes halogenated alkanes) is 19. The lowest BCUT2D eigenvalue weighted by atomic mass is 9.90. The molecule has 0 rings (SSSR count). The molecular formula is C34H66O4. The molecule has 0 radical (unpaired) electrons. The van der Waals surface area contributed by atoms with Crippen LogP contribution in [0.3, 0.4) is 0 Å². The molecule has 0 saturated carbocycles. The van der Waals surface area contributed by atoms with Gasteiger partial charge in [-0.3, -0.25) is 9.59 Å². The second kappa shape index (κ2) is 28.9. The minimum absolute atomic E-state index is 0.00360. The molecule has 0 N–H and O–H groups in total. The number of hydrogen-bond donors (Lipinski definition) is 0. The normalized spacial score (nSPS) is 12.8. The maximum atomic E-state index is 12.3. The fourth-order valence-corrected chi connectivity index (χ4v) is 4.96. The molecule has 0 amide bonds. The third kappa shape index (κ3) is 25.2. The van der Waals surface area contributed by atoms with Gasteiger partial charge in [-0.15, -0.1) is 0 Å². The molecule has 4 heteroatoms. The number of esters is 2. The van der Waals surface area contributed by atoms with Crippen LogP contribution in [-0.2, 0) is 19.1 Å². The van der Waals surface area contributed by atoms with Crippen LogP contribution in [0.25, 0.3) is 0 Å². The van der Waals surface area contributed by atoms with E-state index in [2.05, 4.69) is 20.8 Å². The molecule has 0 aliphatic heterocycles. The van der Waals surface area contributed by atoms with Crippen LogP contribution in [0.5, 0.6) is 0 Å². The van der Waals surface area contributed by atoms with Gasteiger partial charge in [0, 0.05) is 6.42 Å². The highest BCUT2D eigenvalue weighted by atomic mass is 16.5. The van der Waals surface area contributed by atoms with Gasteiger partial charge >= 0.3 is 11.9 Å². The fourth-order valence-electron chi connectivity index (χ4n) is 4.96. The second-order valence-corrected chi connectivity index (χ2v) is 11.8. The van der Waals surface area contributed by atoms with Crippen molar-refractivity contribution in [2.75, 3.05) is 13.2 Å². The molecule has 0 spiro atoms. The van der Waals surface area contributed by atoms with Crippen LogP contribution in [0.1, 0.15) is 182 Å². The number of carbonyl (C=O) groups excluding carboxylic acids is 2. The number of hydrogen-bond acceptors (Lipinski definition) is 4. The molecule has 0 heterocycles. The molecule has 4 nitrogen and oxygen atoms in total. The maximum Gasteiger partial charge on any atom is 0.308 e. The lowest BCUT2D eigenvalue weighted by Crippen LogP contribution is -2.22. The molecule has 0 fully saturated rings. The average Bonchev–Trinajstić information content (AvgIpc) is 2.91. The van der Waals surface area contributed by atoms with E-state index in [0.717, 1.165) is 32.1 Å². The number of carbonyl (C=O) groups is 2. The van der Waals surface area contributed by atoms with Gasteiger partial charge in [0.1, 0.15) is 0 Å². The van der Waals surface area contributed by atoms with Crippen LogP contribution >= 0.6 is 0 Å². The van der Waals surface area contributed by atoms with Crippen LogP contribution in [0.4, 0.5) is 0 Å². The summed E-state index contributed by atoms with van der Waals surface area (Å²) < 4.78 is 10.9. The Morgan fingerprint density at radius 3 is 1.39 bits per heavy atom. The zero-order valence-corrected chi connectivity index (χ0v) is 26.2. The second-order valence-electron chi connectivity index (χ2n) is 11.8. The Morgan fingerprint density at radius 1 is 0.500 bits per heavy atom. The Hall–Kier alpha value is -1.06. The van der Waals surface area contributed by atoms with Crippen molar-refractivity contribution in [1.82, 2.24) is 0 Å². The van der Waals surface area contributed by atoms with Crippen molar-refractivity contribution < 1.29 is 19.1 Å². The number of ether oxygens (including phenoxy) is 2. The molecule has 0 saturated heterocycles. The predicted octanol–water partition coefficient (Wildman–Crippen LogP) is 10.7. The van der Waals surface area contributed by atoms with Gasteiger partial charge in [0.2, 0.25) is 0 Å². The van der Waals surface area contributed by atoms with Crippen LogP contribution < -0.4 is 0 Å². The molecule has 0 aromatic heterocycles. The van der Waals surface area contributed by atoms with Crippen molar-refractivity contribution in [3.63, 3.8) is 0 Å². The van der Waals surface area contributed by atoms with Crippen molar-refractivity contribution in [1.29, 1.82) is 0 Å². The summed E-state index contributed by atoms with van der Waals surface area (Å²) in [6, 6.07) is 0. The van der Waals surface area contributed by atoms with Crippen molar-refractivity contribution >= 4 is 11.9 Å². The topological polar surface area (TPSA) is 52.6 Å². The highest BCUT2D eigenvalue weighted by Gasteiger charge is 2.21. The smallest absolute Gasteiger partial charge is 0.308 e. The van der Waals surface area contributed by atoms with Gasteiger partial charge in [0.15, 0.2) is 0 Å². The quantitative estimate of drug-likeness (QED) is 0.0702. The van der Waals surface area contributed by atoms with E-state index < -0.39 is 0 Å². The fraction of sp³-hybridized carbons (Fsp3) is 0.941. The molecule has 2 atom stereocenters. The van der Waals surface area contributed by atoms with Crippen LogP contribution in [0.2, 0.25) is 0 Å². The first-order valence-corrected chi connectivity index (χ1v) is 16.8. The van der Waals surface area contributed by atoms with Crippen molar-refractivity contribution in [2.24, 2.45) is 11.8 Å². The first-order chi connectivity index (χ1) is 18.5. The molecule has 38 heavy (non-hydrogen) atoms. The van der Waals surface area contributed by atoms with Gasteiger partial charge in [0.05, 0.1) is 19.1 Å². The van der Waals surface area contributed by atoms with Gasteiger partial charge in [-0.25, -0.2) is 0 Å². The zero-order valence-electron chi connectivity index (χ0n) is 26.2. The Kier molecular flexibility index (Phi) is 28.1. The predicted molar refractivity (Wildman–Crippen MR) is 162 cm³/mol. The third-order valence-corrected chi connectivity index (χ3v) is 8.02. The molecule has 0 aromatic carbocycles. The maximum absolute atomic E-state index is 12.3. The molecule has 0 aliphatic rings. The summed E-state index contributed by atoms with van der Waals surface area (Å²) in [5.41, 5.74) is 0. The van der Waals surface area contributed by atoms with Gasteiger partial charge in [-0.1, -0.05) is 150 Å². The first-order valence-electron chi connectivity index (χ1n) is 16.8.